The van der Waals surface area contributed by atoms with Crippen LogP contribution in [0.15, 0.2) is 40.8 Å². The van der Waals surface area contributed by atoms with E-state index in [2.05, 4.69) is 29.7 Å². The van der Waals surface area contributed by atoms with Gasteiger partial charge in [-0.15, -0.1) is 12.4 Å². The second kappa shape index (κ2) is 7.47. The number of aryl methyl sites for hydroxylation is 1. The minimum atomic E-state index is -0.139. The van der Waals surface area contributed by atoms with E-state index in [4.69, 9.17) is 4.42 Å². The van der Waals surface area contributed by atoms with Crippen LogP contribution in [0.25, 0.3) is 11.3 Å². The summed E-state index contributed by atoms with van der Waals surface area (Å²) in [5.41, 5.74) is 2.28. The molecule has 5 heteroatoms. The molecule has 3 rings (SSSR count). The van der Waals surface area contributed by atoms with Gasteiger partial charge in [-0.05, 0) is 37.1 Å². The summed E-state index contributed by atoms with van der Waals surface area (Å²) >= 11 is 0. The summed E-state index contributed by atoms with van der Waals surface area (Å²) in [6.07, 6.45) is 1.99. The molecule has 1 aliphatic heterocycles. The molecule has 0 radical (unpaired) electrons. The Morgan fingerprint density at radius 3 is 2.68 bits per heavy atom. The zero-order chi connectivity index (χ0) is 14.7. The van der Waals surface area contributed by atoms with E-state index in [0.717, 1.165) is 37.3 Å². The highest BCUT2D eigenvalue weighted by molar-refractivity contribution is 5.92. The first-order valence-electron chi connectivity index (χ1n) is 7.47. The largest absolute Gasteiger partial charge is 0.451 e. The van der Waals surface area contributed by atoms with E-state index >= 15 is 0 Å². The van der Waals surface area contributed by atoms with Crippen LogP contribution in [0.4, 0.5) is 0 Å². The smallest absolute Gasteiger partial charge is 0.287 e. The Labute approximate surface area is 136 Å². The maximum absolute atomic E-state index is 12.1. The van der Waals surface area contributed by atoms with Crippen LogP contribution >= 0.6 is 12.4 Å². The first kappa shape index (κ1) is 16.6. The van der Waals surface area contributed by atoms with E-state index in [-0.39, 0.29) is 24.4 Å². The predicted molar refractivity (Wildman–Crippen MR) is 89.5 cm³/mol. The van der Waals surface area contributed by atoms with E-state index in [1.54, 1.807) is 6.07 Å². The highest BCUT2D eigenvalue weighted by Gasteiger charge is 2.19. The Morgan fingerprint density at radius 2 is 2.05 bits per heavy atom. The Hall–Kier alpha value is -1.78. The van der Waals surface area contributed by atoms with E-state index in [1.165, 1.54) is 5.56 Å². The van der Waals surface area contributed by atoms with Crippen molar-refractivity contribution in [3.8, 4) is 11.3 Å². The Morgan fingerprint density at radius 1 is 1.27 bits per heavy atom. The van der Waals surface area contributed by atoms with Gasteiger partial charge in [0.05, 0.1) is 0 Å². The van der Waals surface area contributed by atoms with Crippen LogP contribution in [-0.4, -0.2) is 25.0 Å². The van der Waals surface area contributed by atoms with E-state index < -0.39 is 0 Å². The van der Waals surface area contributed by atoms with Crippen LogP contribution in [0.1, 0.15) is 29.5 Å². The lowest BCUT2D eigenvalue weighted by molar-refractivity contribution is 0.0913. The van der Waals surface area contributed by atoms with Crippen LogP contribution < -0.4 is 10.6 Å². The Balaban J connectivity index is 0.00000176. The number of carbonyl (C=O) groups excluding carboxylic acids is 1. The number of carbonyl (C=O) groups is 1. The second-order valence-corrected chi connectivity index (χ2v) is 5.38. The zero-order valence-electron chi connectivity index (χ0n) is 12.6. The highest BCUT2D eigenvalue weighted by atomic mass is 35.5. The van der Waals surface area contributed by atoms with Crippen molar-refractivity contribution in [1.82, 2.24) is 10.6 Å². The SMILES string of the molecule is CCc1ccc(-c2ccc(C(=O)NC3CCNC3)o2)cc1.Cl. The molecule has 1 aromatic carbocycles. The molecule has 1 aromatic heterocycles. The average molecular weight is 321 g/mol. The summed E-state index contributed by atoms with van der Waals surface area (Å²) < 4.78 is 5.68. The van der Waals surface area contributed by atoms with Crippen LogP contribution in [0.2, 0.25) is 0 Å². The van der Waals surface area contributed by atoms with Crippen molar-refractivity contribution < 1.29 is 9.21 Å². The van der Waals surface area contributed by atoms with Gasteiger partial charge in [0, 0.05) is 18.2 Å². The summed E-state index contributed by atoms with van der Waals surface area (Å²) in [5.74, 6) is 0.962. The lowest BCUT2D eigenvalue weighted by Gasteiger charge is -2.09. The Kier molecular flexibility index (Phi) is 5.63. The van der Waals surface area contributed by atoms with Crippen LogP contribution in [0.5, 0.6) is 0 Å². The maximum atomic E-state index is 12.1. The second-order valence-electron chi connectivity index (χ2n) is 5.38. The normalized spacial score (nSPS) is 17.0. The average Bonchev–Trinajstić information content (AvgIpc) is 3.18. The van der Waals surface area contributed by atoms with E-state index in [9.17, 15) is 4.79 Å². The first-order valence-corrected chi connectivity index (χ1v) is 7.47. The van der Waals surface area contributed by atoms with Crippen molar-refractivity contribution in [2.45, 2.75) is 25.8 Å². The fourth-order valence-corrected chi connectivity index (χ4v) is 2.55. The molecule has 1 fully saturated rings. The number of nitrogens with one attached hydrogen (secondary N) is 2. The van der Waals surface area contributed by atoms with Crippen LogP contribution in [0.3, 0.4) is 0 Å². The molecule has 0 bridgehead atoms. The van der Waals surface area contributed by atoms with Gasteiger partial charge in [0.1, 0.15) is 5.76 Å². The number of amides is 1. The molecule has 1 atom stereocenters. The third-order valence-corrected chi connectivity index (χ3v) is 3.87. The van der Waals surface area contributed by atoms with Gasteiger partial charge < -0.3 is 15.1 Å². The molecule has 0 saturated carbocycles. The number of rotatable bonds is 4. The molecular weight excluding hydrogens is 300 g/mol. The highest BCUT2D eigenvalue weighted by Crippen LogP contribution is 2.23. The van der Waals surface area contributed by atoms with Gasteiger partial charge >= 0.3 is 0 Å². The lowest BCUT2D eigenvalue weighted by Crippen LogP contribution is -2.35. The summed E-state index contributed by atoms with van der Waals surface area (Å²) in [6.45, 7) is 3.91. The van der Waals surface area contributed by atoms with Crippen molar-refractivity contribution in [3.63, 3.8) is 0 Å². The van der Waals surface area contributed by atoms with Crippen molar-refractivity contribution in [1.29, 1.82) is 0 Å². The molecule has 1 aliphatic rings. The molecule has 118 valence electrons. The van der Waals surface area contributed by atoms with Gasteiger partial charge in [0.2, 0.25) is 0 Å². The molecule has 22 heavy (non-hydrogen) atoms. The van der Waals surface area contributed by atoms with E-state index in [0.29, 0.717) is 5.76 Å². The van der Waals surface area contributed by atoms with Crippen LogP contribution in [-0.2, 0) is 6.42 Å². The monoisotopic (exact) mass is 320 g/mol. The molecule has 0 spiro atoms. The van der Waals surface area contributed by atoms with Gasteiger partial charge in [-0.2, -0.15) is 0 Å². The molecule has 2 N–H and O–H groups in total. The number of hydrogen-bond acceptors (Lipinski definition) is 3. The third-order valence-electron chi connectivity index (χ3n) is 3.87. The summed E-state index contributed by atoms with van der Waals surface area (Å²) in [4.78, 5) is 12.1. The molecule has 2 heterocycles. The first-order chi connectivity index (χ1) is 10.3. The summed E-state index contributed by atoms with van der Waals surface area (Å²) in [6, 6.07) is 12.0. The van der Waals surface area contributed by atoms with Gasteiger partial charge in [-0.3, -0.25) is 4.79 Å². The molecular formula is C17H21ClN2O2. The van der Waals surface area contributed by atoms with E-state index in [1.807, 2.05) is 18.2 Å². The standard InChI is InChI=1S/C17H20N2O2.ClH/c1-2-12-3-5-13(6-4-12)15-7-8-16(21-15)17(20)19-14-9-10-18-11-14;/h3-8,14,18H,2,9-11H2,1H3,(H,19,20);1H. The predicted octanol–water partition coefficient (Wildman–Crippen LogP) is 3.02. The van der Waals surface area contributed by atoms with Gasteiger partial charge in [0.15, 0.2) is 5.76 Å². The minimum Gasteiger partial charge on any atom is -0.451 e. The fraction of sp³-hybridized carbons (Fsp3) is 0.353. The van der Waals surface area contributed by atoms with Crippen molar-refractivity contribution in [2.24, 2.45) is 0 Å². The maximum Gasteiger partial charge on any atom is 0.287 e. The Bertz CT molecular complexity index is 616. The molecule has 1 unspecified atom stereocenters. The number of furan rings is 1. The van der Waals surface area contributed by atoms with Crippen molar-refractivity contribution in [3.05, 3.63) is 47.7 Å². The zero-order valence-corrected chi connectivity index (χ0v) is 13.4. The van der Waals surface area contributed by atoms with Gasteiger partial charge in [-0.1, -0.05) is 31.2 Å². The quantitative estimate of drug-likeness (QED) is 0.910. The number of hydrogen-bond donors (Lipinski definition) is 2. The summed E-state index contributed by atoms with van der Waals surface area (Å²) in [5, 5.41) is 6.21. The number of benzene rings is 1. The minimum absolute atomic E-state index is 0. The van der Waals surface area contributed by atoms with Crippen molar-refractivity contribution in [2.75, 3.05) is 13.1 Å². The van der Waals surface area contributed by atoms with Crippen LogP contribution in [0, 0.1) is 0 Å². The molecule has 0 aliphatic carbocycles. The van der Waals surface area contributed by atoms with Crippen molar-refractivity contribution >= 4 is 18.3 Å². The molecule has 1 saturated heterocycles. The molecule has 2 aromatic rings. The molecule has 1 amide bonds. The number of halogens is 1. The third kappa shape index (κ3) is 3.70. The molecule has 4 nitrogen and oxygen atoms in total. The van der Waals surface area contributed by atoms with Gasteiger partial charge in [0.25, 0.3) is 5.91 Å². The summed E-state index contributed by atoms with van der Waals surface area (Å²) in [7, 11) is 0. The lowest BCUT2D eigenvalue weighted by atomic mass is 10.1. The fourth-order valence-electron chi connectivity index (χ4n) is 2.55. The topological polar surface area (TPSA) is 54.3 Å². The van der Waals surface area contributed by atoms with Gasteiger partial charge in [-0.25, -0.2) is 0 Å².